The van der Waals surface area contributed by atoms with Crippen molar-refractivity contribution >= 4 is 13.7 Å². The zero-order chi connectivity index (χ0) is 24.9. The van der Waals surface area contributed by atoms with Crippen LogP contribution in [-0.2, 0) is 23.4 Å². The van der Waals surface area contributed by atoms with Crippen LogP contribution in [0.4, 0.5) is 0 Å². The van der Waals surface area contributed by atoms with Gasteiger partial charge in [-0.3, -0.25) is 23.7 Å². The highest BCUT2D eigenvalue weighted by Gasteiger charge is 2.39. The summed E-state index contributed by atoms with van der Waals surface area (Å²) in [5, 5.41) is 12.9. The maximum Gasteiger partial charge on any atom is 0.459 e. The summed E-state index contributed by atoms with van der Waals surface area (Å²) >= 11 is 0. The number of aliphatic hydroxyl groups excluding tert-OH is 1. The first kappa shape index (κ1) is 25.4. The molecule has 1 aliphatic rings. The lowest BCUT2D eigenvalue weighted by molar-refractivity contribution is -0.142. The number of H-pyrrole nitrogens is 1. The van der Waals surface area contributed by atoms with Crippen LogP contribution in [0.3, 0.4) is 0 Å². The van der Waals surface area contributed by atoms with Gasteiger partial charge in [0, 0.05) is 12.6 Å². The average Bonchev–Trinajstić information content (AvgIpc) is 3.18. The smallest absolute Gasteiger partial charge is 0.459 e. The molecule has 2 aromatic rings. The molecule has 12 nitrogen and oxygen atoms in total. The number of carbonyl (C=O) groups excluding carboxylic acids is 1. The molecule has 0 bridgehead atoms. The Morgan fingerprint density at radius 2 is 2.12 bits per heavy atom. The molecular weight excluding hydrogens is 469 g/mol. The van der Waals surface area contributed by atoms with Crippen LogP contribution >= 0.6 is 7.75 Å². The molecule has 0 saturated carbocycles. The number of methoxy groups -OCH3 is 1. The molecule has 1 saturated heterocycles. The second kappa shape index (κ2) is 10.8. The highest BCUT2D eigenvalue weighted by Crippen LogP contribution is 2.45. The Hall–Kier alpha value is -3.20. The number of nitrogens with zero attached hydrogens (tertiary/aromatic N) is 1. The van der Waals surface area contributed by atoms with Gasteiger partial charge in [-0.1, -0.05) is 24.1 Å². The van der Waals surface area contributed by atoms with Crippen molar-refractivity contribution in [2.45, 2.75) is 37.8 Å². The Labute approximate surface area is 194 Å². The summed E-state index contributed by atoms with van der Waals surface area (Å²) < 4.78 is 35.8. The van der Waals surface area contributed by atoms with Crippen LogP contribution in [0.2, 0.25) is 0 Å². The van der Waals surface area contributed by atoms with Crippen molar-refractivity contribution in [2.75, 3.05) is 13.7 Å². The van der Waals surface area contributed by atoms with Crippen molar-refractivity contribution in [2.24, 2.45) is 0 Å². The number of nitrogens with one attached hydrogen (secondary N) is 2. The number of aromatic nitrogens is 2. The second-order valence-electron chi connectivity index (χ2n) is 7.36. The lowest BCUT2D eigenvalue weighted by Crippen LogP contribution is -2.36. The fourth-order valence-corrected chi connectivity index (χ4v) is 4.69. The van der Waals surface area contributed by atoms with Gasteiger partial charge in [0.1, 0.15) is 29.7 Å². The molecule has 0 aliphatic carbocycles. The SMILES string of the molecule is C#Cc1cn([C@H]2C[C@H](O)[C@@H](COP(=O)(N[C@@H](C)C(=O)OC)Oc3ccccc3)O2)c(=O)[nH]c1=O. The Morgan fingerprint density at radius 3 is 2.76 bits per heavy atom. The van der Waals surface area contributed by atoms with Crippen LogP contribution in [0.1, 0.15) is 25.1 Å². The minimum atomic E-state index is -4.15. The van der Waals surface area contributed by atoms with E-state index in [0.29, 0.717) is 0 Å². The van der Waals surface area contributed by atoms with Crippen molar-refractivity contribution in [3.63, 3.8) is 0 Å². The van der Waals surface area contributed by atoms with E-state index in [1.807, 2.05) is 0 Å². The number of hydrogen-bond donors (Lipinski definition) is 3. The zero-order valence-corrected chi connectivity index (χ0v) is 19.3. The van der Waals surface area contributed by atoms with Gasteiger partial charge in [-0.05, 0) is 19.1 Å². The normalized spacial score (nSPS) is 22.4. The maximum absolute atomic E-state index is 13.4. The van der Waals surface area contributed by atoms with Gasteiger partial charge in [-0.25, -0.2) is 9.36 Å². The van der Waals surface area contributed by atoms with E-state index in [1.165, 1.54) is 14.0 Å². The Kier molecular flexibility index (Phi) is 8.09. The number of esters is 1. The minimum Gasteiger partial charge on any atom is -0.468 e. The Balaban J connectivity index is 1.75. The first-order valence-corrected chi connectivity index (χ1v) is 11.7. The van der Waals surface area contributed by atoms with Crippen LogP contribution in [0.25, 0.3) is 0 Å². The van der Waals surface area contributed by atoms with Crippen molar-refractivity contribution in [1.29, 1.82) is 0 Å². The van der Waals surface area contributed by atoms with Crippen LogP contribution < -0.4 is 20.9 Å². The first-order chi connectivity index (χ1) is 16.2. The summed E-state index contributed by atoms with van der Waals surface area (Å²) in [6.07, 6.45) is 3.32. The van der Waals surface area contributed by atoms with E-state index in [0.717, 1.165) is 10.8 Å². The molecule has 1 fully saturated rings. The lowest BCUT2D eigenvalue weighted by Gasteiger charge is -2.24. The van der Waals surface area contributed by atoms with Gasteiger partial charge in [-0.15, -0.1) is 6.42 Å². The number of ether oxygens (including phenoxy) is 2. The maximum atomic E-state index is 13.4. The van der Waals surface area contributed by atoms with E-state index in [9.17, 15) is 24.1 Å². The molecule has 5 atom stereocenters. The number of aliphatic hydroxyl groups is 1. The van der Waals surface area contributed by atoms with Crippen LogP contribution in [0, 0.1) is 12.3 Å². The van der Waals surface area contributed by atoms with Gasteiger partial charge in [0.15, 0.2) is 0 Å². The van der Waals surface area contributed by atoms with Crippen molar-refractivity contribution in [3.8, 4) is 18.1 Å². The molecule has 3 N–H and O–H groups in total. The monoisotopic (exact) mass is 493 g/mol. The van der Waals surface area contributed by atoms with Crippen molar-refractivity contribution in [1.82, 2.24) is 14.6 Å². The van der Waals surface area contributed by atoms with Gasteiger partial charge in [-0.2, -0.15) is 5.09 Å². The summed E-state index contributed by atoms with van der Waals surface area (Å²) in [4.78, 5) is 37.7. The topological polar surface area (TPSA) is 158 Å². The number of aromatic amines is 1. The third-order valence-corrected chi connectivity index (χ3v) is 6.57. The summed E-state index contributed by atoms with van der Waals surface area (Å²) in [5.74, 6) is 1.68. The molecule has 13 heteroatoms. The van der Waals surface area contributed by atoms with Gasteiger partial charge >= 0.3 is 19.4 Å². The molecule has 2 heterocycles. The fourth-order valence-electron chi connectivity index (χ4n) is 3.19. The molecule has 0 spiro atoms. The van der Waals surface area contributed by atoms with Gasteiger partial charge in [0.05, 0.1) is 19.8 Å². The predicted molar refractivity (Wildman–Crippen MR) is 119 cm³/mol. The lowest BCUT2D eigenvalue weighted by atomic mass is 10.2. The molecule has 34 heavy (non-hydrogen) atoms. The number of hydrogen-bond acceptors (Lipinski definition) is 9. The standard InChI is InChI=1S/C21H24N3O9P/c1-4-14-11-24(21(28)22-19(14)26)18-10-16(25)17(32-18)12-31-34(29,23-13(2)20(27)30-3)33-15-8-6-5-7-9-15/h1,5-9,11,13,16-18,25H,10,12H2,2-3H3,(H,23,29)(H,22,26,28)/t13-,16-,17+,18+,34?/m0/s1. The molecule has 182 valence electrons. The third-order valence-electron chi connectivity index (χ3n) is 4.92. The number of para-hydroxylation sites is 1. The average molecular weight is 493 g/mol. The summed E-state index contributed by atoms with van der Waals surface area (Å²) in [5.41, 5.74) is -1.57. The molecule has 1 aliphatic heterocycles. The second-order valence-corrected chi connectivity index (χ2v) is 9.05. The largest absolute Gasteiger partial charge is 0.468 e. The highest BCUT2D eigenvalue weighted by molar-refractivity contribution is 7.52. The third kappa shape index (κ3) is 6.02. The van der Waals surface area contributed by atoms with Crippen molar-refractivity contribution in [3.05, 3.63) is 62.9 Å². The van der Waals surface area contributed by atoms with Gasteiger partial charge in [0.2, 0.25) is 0 Å². The Morgan fingerprint density at radius 1 is 1.41 bits per heavy atom. The first-order valence-electron chi connectivity index (χ1n) is 10.2. The van der Waals surface area contributed by atoms with E-state index in [1.54, 1.807) is 30.3 Å². The molecule has 1 aromatic heterocycles. The number of rotatable bonds is 9. The molecule has 0 radical (unpaired) electrons. The van der Waals surface area contributed by atoms with Crippen molar-refractivity contribution < 1.29 is 33.0 Å². The number of carbonyl (C=O) groups is 1. The van der Waals surface area contributed by atoms with Gasteiger partial charge in [0.25, 0.3) is 5.56 Å². The fraction of sp³-hybridized carbons (Fsp3) is 0.381. The minimum absolute atomic E-state index is 0.0280. The summed E-state index contributed by atoms with van der Waals surface area (Å²) in [6.45, 7) is 1.00. The van der Waals surface area contributed by atoms with E-state index in [-0.39, 0.29) is 17.7 Å². The molecular formula is C21H24N3O9P. The highest BCUT2D eigenvalue weighted by atomic mass is 31.2. The molecule has 1 aromatic carbocycles. The quantitative estimate of drug-likeness (QED) is 0.255. The van der Waals surface area contributed by atoms with E-state index in [2.05, 4.69) is 20.7 Å². The number of terminal acetylenes is 1. The number of benzene rings is 1. The molecule has 1 unspecified atom stereocenters. The molecule has 3 rings (SSSR count). The predicted octanol–water partition coefficient (Wildman–Crippen LogP) is 0.521. The summed E-state index contributed by atoms with van der Waals surface area (Å²) in [7, 11) is -2.97. The van der Waals surface area contributed by atoms with E-state index < -0.39 is 56.0 Å². The van der Waals surface area contributed by atoms with Gasteiger partial charge < -0.3 is 19.1 Å². The van der Waals surface area contributed by atoms with Crippen LogP contribution in [-0.4, -0.2) is 52.6 Å². The van der Waals surface area contributed by atoms with E-state index in [4.69, 9.17) is 20.2 Å². The van der Waals surface area contributed by atoms with E-state index >= 15 is 0 Å². The molecule has 0 amide bonds. The Bertz CT molecular complexity index is 1220. The summed E-state index contributed by atoms with van der Waals surface area (Å²) in [6, 6.07) is 7.10. The zero-order valence-electron chi connectivity index (χ0n) is 18.4. The van der Waals surface area contributed by atoms with Crippen LogP contribution in [0.5, 0.6) is 5.75 Å². The van der Waals surface area contributed by atoms with Crippen LogP contribution in [0.15, 0.2) is 46.1 Å².